The van der Waals surface area contributed by atoms with Crippen LogP contribution >= 0.6 is 0 Å². The van der Waals surface area contributed by atoms with Crippen LogP contribution in [0.3, 0.4) is 0 Å². The standard InChI is InChI=1S/C31H40N4O2/c1-3-16-34(17-4-2)31(37)27-20-25-12-13-26(21-28(25)33-29(32)22-27)30(36)35-18-14-24(15-19-35)11-10-23-8-6-5-7-9-23/h5-9,12-13,20-21,24H,3-4,10-11,14-19,22H2,1-2H3,(H2,32,33). The number of fused-ring (bicyclic) bond motifs is 1. The molecule has 0 spiro atoms. The van der Waals surface area contributed by atoms with Gasteiger partial charge in [0.05, 0.1) is 5.69 Å². The lowest BCUT2D eigenvalue weighted by molar-refractivity contribution is -0.127. The number of hydrogen-bond donors (Lipinski definition) is 1. The van der Waals surface area contributed by atoms with Crippen molar-refractivity contribution in [2.75, 3.05) is 26.2 Å². The first-order valence-electron chi connectivity index (χ1n) is 13.8. The zero-order valence-electron chi connectivity index (χ0n) is 22.3. The summed E-state index contributed by atoms with van der Waals surface area (Å²) in [6.45, 7) is 7.17. The van der Waals surface area contributed by atoms with Crippen LogP contribution in [0.1, 0.15) is 73.9 Å². The van der Waals surface area contributed by atoms with Crippen LogP contribution in [-0.4, -0.2) is 53.6 Å². The van der Waals surface area contributed by atoms with E-state index in [-0.39, 0.29) is 11.8 Å². The molecule has 2 aromatic carbocycles. The fourth-order valence-electron chi connectivity index (χ4n) is 5.34. The van der Waals surface area contributed by atoms with E-state index < -0.39 is 0 Å². The molecule has 37 heavy (non-hydrogen) atoms. The number of benzene rings is 2. The van der Waals surface area contributed by atoms with Gasteiger partial charge in [0.1, 0.15) is 5.84 Å². The average molecular weight is 501 g/mol. The van der Waals surface area contributed by atoms with Gasteiger partial charge in [0.15, 0.2) is 0 Å². The molecule has 2 amide bonds. The molecule has 0 bridgehead atoms. The van der Waals surface area contributed by atoms with E-state index in [4.69, 9.17) is 5.73 Å². The Kier molecular flexibility index (Phi) is 9.15. The smallest absolute Gasteiger partial charge is 0.253 e. The lowest BCUT2D eigenvalue weighted by atomic mass is 9.90. The Hall–Kier alpha value is -3.41. The highest BCUT2D eigenvalue weighted by Gasteiger charge is 2.25. The fourth-order valence-corrected chi connectivity index (χ4v) is 5.34. The van der Waals surface area contributed by atoms with Crippen LogP contribution in [0.4, 0.5) is 5.69 Å². The molecule has 0 aromatic heterocycles. The lowest BCUT2D eigenvalue weighted by Crippen LogP contribution is -2.38. The Morgan fingerprint density at radius 3 is 2.41 bits per heavy atom. The molecule has 0 saturated carbocycles. The first-order valence-corrected chi connectivity index (χ1v) is 13.8. The molecule has 6 nitrogen and oxygen atoms in total. The van der Waals surface area contributed by atoms with Crippen molar-refractivity contribution in [3.63, 3.8) is 0 Å². The summed E-state index contributed by atoms with van der Waals surface area (Å²) < 4.78 is 0. The number of nitrogens with two attached hydrogens (primary N) is 1. The number of likely N-dealkylation sites (tertiary alicyclic amines) is 1. The van der Waals surface area contributed by atoms with Crippen molar-refractivity contribution in [1.82, 2.24) is 9.80 Å². The van der Waals surface area contributed by atoms with E-state index in [1.807, 2.05) is 34.1 Å². The van der Waals surface area contributed by atoms with Crippen LogP contribution < -0.4 is 5.73 Å². The van der Waals surface area contributed by atoms with Gasteiger partial charge in [0.25, 0.3) is 5.91 Å². The third-order valence-corrected chi connectivity index (χ3v) is 7.38. The van der Waals surface area contributed by atoms with Crippen molar-refractivity contribution in [1.29, 1.82) is 0 Å². The number of rotatable bonds is 9. The molecular weight excluding hydrogens is 460 g/mol. The summed E-state index contributed by atoms with van der Waals surface area (Å²) in [6, 6.07) is 16.2. The highest BCUT2D eigenvalue weighted by Crippen LogP contribution is 2.30. The molecule has 2 aromatic rings. The molecule has 196 valence electrons. The maximum Gasteiger partial charge on any atom is 0.253 e. The molecule has 0 radical (unpaired) electrons. The van der Waals surface area contributed by atoms with Gasteiger partial charge < -0.3 is 15.5 Å². The van der Waals surface area contributed by atoms with Crippen molar-refractivity contribution in [2.45, 2.75) is 58.8 Å². The number of hydrogen-bond acceptors (Lipinski definition) is 4. The summed E-state index contributed by atoms with van der Waals surface area (Å²) in [7, 11) is 0. The minimum atomic E-state index is 0.0185. The molecule has 6 heteroatoms. The first-order chi connectivity index (χ1) is 18.0. The Labute approximate surface area is 221 Å². The maximum atomic E-state index is 13.3. The minimum Gasteiger partial charge on any atom is -0.387 e. The van der Waals surface area contributed by atoms with E-state index >= 15 is 0 Å². The monoisotopic (exact) mass is 500 g/mol. The number of carbonyl (C=O) groups is 2. The van der Waals surface area contributed by atoms with Crippen molar-refractivity contribution in [3.8, 4) is 0 Å². The fraction of sp³-hybridized carbons (Fsp3) is 0.452. The summed E-state index contributed by atoms with van der Waals surface area (Å²) >= 11 is 0. The second kappa shape index (κ2) is 12.7. The maximum absolute atomic E-state index is 13.3. The van der Waals surface area contributed by atoms with Crippen molar-refractivity contribution < 1.29 is 9.59 Å². The van der Waals surface area contributed by atoms with Crippen molar-refractivity contribution in [2.24, 2.45) is 16.6 Å². The van der Waals surface area contributed by atoms with Crippen LogP contribution in [0.15, 0.2) is 59.1 Å². The normalized spacial score (nSPS) is 15.9. The predicted octanol–water partition coefficient (Wildman–Crippen LogP) is 5.60. The number of amidine groups is 1. The van der Waals surface area contributed by atoms with Crippen molar-refractivity contribution >= 4 is 29.4 Å². The number of piperidine rings is 1. The molecular formula is C31H40N4O2. The lowest BCUT2D eigenvalue weighted by Gasteiger charge is -2.32. The van der Waals surface area contributed by atoms with Crippen LogP contribution in [0, 0.1) is 5.92 Å². The van der Waals surface area contributed by atoms with Crippen LogP contribution in [0.2, 0.25) is 0 Å². The second-order valence-electron chi connectivity index (χ2n) is 10.3. The zero-order valence-corrected chi connectivity index (χ0v) is 22.3. The van der Waals surface area contributed by atoms with E-state index in [1.165, 1.54) is 12.0 Å². The van der Waals surface area contributed by atoms with Crippen LogP contribution in [0.5, 0.6) is 0 Å². The minimum absolute atomic E-state index is 0.0185. The first kappa shape index (κ1) is 26.6. The van der Waals surface area contributed by atoms with Gasteiger partial charge in [-0.05, 0) is 68.2 Å². The predicted molar refractivity (Wildman–Crippen MR) is 151 cm³/mol. The number of aryl methyl sites for hydroxylation is 1. The van der Waals surface area contributed by atoms with Gasteiger partial charge in [-0.15, -0.1) is 0 Å². The molecule has 0 unspecified atom stereocenters. The number of nitrogens with zero attached hydrogens (tertiary/aromatic N) is 3. The SMILES string of the molecule is CCCN(CCC)C(=O)C1=Cc2ccc(C(=O)N3CCC(CCc4ccccc4)CC3)cc2N=C(N)C1. The van der Waals surface area contributed by atoms with Gasteiger partial charge in [0.2, 0.25) is 5.91 Å². The van der Waals surface area contributed by atoms with Gasteiger partial charge >= 0.3 is 0 Å². The summed E-state index contributed by atoms with van der Waals surface area (Å²) in [4.78, 5) is 35.0. The van der Waals surface area contributed by atoms with E-state index in [1.54, 1.807) is 0 Å². The Morgan fingerprint density at radius 1 is 1.03 bits per heavy atom. The van der Waals surface area contributed by atoms with Crippen molar-refractivity contribution in [3.05, 3.63) is 70.8 Å². The number of aliphatic imine (C=N–C) groups is 1. The molecule has 2 aliphatic heterocycles. The number of amides is 2. The molecule has 2 aliphatic rings. The summed E-state index contributed by atoms with van der Waals surface area (Å²) in [5.74, 6) is 1.11. The molecule has 2 N–H and O–H groups in total. The van der Waals surface area contributed by atoms with Crippen LogP contribution in [-0.2, 0) is 11.2 Å². The highest BCUT2D eigenvalue weighted by atomic mass is 16.2. The molecule has 1 fully saturated rings. The zero-order chi connectivity index (χ0) is 26.2. The molecule has 1 saturated heterocycles. The molecule has 4 rings (SSSR count). The molecule has 2 heterocycles. The van der Waals surface area contributed by atoms with Gasteiger partial charge in [-0.3, -0.25) is 9.59 Å². The average Bonchev–Trinajstić information content (AvgIpc) is 3.09. The van der Waals surface area contributed by atoms with Crippen LogP contribution in [0.25, 0.3) is 6.08 Å². The topological polar surface area (TPSA) is 79.0 Å². The van der Waals surface area contributed by atoms with Gasteiger partial charge in [-0.25, -0.2) is 4.99 Å². The highest BCUT2D eigenvalue weighted by molar-refractivity contribution is 6.06. The van der Waals surface area contributed by atoms with E-state index in [0.29, 0.717) is 35.0 Å². The Balaban J connectivity index is 1.41. The van der Waals surface area contributed by atoms with Gasteiger partial charge in [-0.1, -0.05) is 50.2 Å². The Morgan fingerprint density at radius 2 is 1.73 bits per heavy atom. The number of carbonyl (C=O) groups excluding carboxylic acids is 2. The third kappa shape index (κ3) is 6.88. The van der Waals surface area contributed by atoms with E-state index in [0.717, 1.165) is 63.8 Å². The summed E-state index contributed by atoms with van der Waals surface area (Å²) in [5, 5.41) is 0. The van der Waals surface area contributed by atoms with E-state index in [9.17, 15) is 9.59 Å². The van der Waals surface area contributed by atoms with Gasteiger partial charge in [-0.2, -0.15) is 0 Å². The third-order valence-electron chi connectivity index (χ3n) is 7.38. The van der Waals surface area contributed by atoms with E-state index in [2.05, 4.69) is 49.2 Å². The van der Waals surface area contributed by atoms with Gasteiger partial charge in [0, 0.05) is 49.3 Å². The molecule has 0 atom stereocenters. The molecule has 0 aliphatic carbocycles. The quantitative estimate of drug-likeness (QED) is 0.487. The second-order valence-corrected chi connectivity index (χ2v) is 10.3. The Bertz CT molecular complexity index is 1140. The largest absolute Gasteiger partial charge is 0.387 e. The summed E-state index contributed by atoms with van der Waals surface area (Å²) in [5.41, 5.74) is 10.4. The summed E-state index contributed by atoms with van der Waals surface area (Å²) in [6.07, 6.45) is 8.37.